The second kappa shape index (κ2) is 25.4. The second-order valence-corrected chi connectivity index (χ2v) is 19.7. The van der Waals surface area contributed by atoms with Crippen LogP contribution in [0.3, 0.4) is 0 Å². The summed E-state index contributed by atoms with van der Waals surface area (Å²) in [7, 11) is -8.41. The second-order valence-electron chi connectivity index (χ2n) is 15.7. The van der Waals surface area contributed by atoms with Gasteiger partial charge in [-0.1, -0.05) is 84.9 Å². The third-order valence-electron chi connectivity index (χ3n) is 9.58. The van der Waals surface area contributed by atoms with Crippen LogP contribution in [0.1, 0.15) is 64.0 Å². The Hall–Kier alpha value is -5.29. The number of nitrogens with zero attached hydrogens (tertiary/aromatic N) is 4. The van der Waals surface area contributed by atoms with Crippen molar-refractivity contribution in [2.45, 2.75) is 64.8 Å². The van der Waals surface area contributed by atoms with Gasteiger partial charge < -0.3 is 39.8 Å². The smallest absolute Gasteiger partial charge is 0.550 e. The minimum atomic E-state index is -4.21. The summed E-state index contributed by atoms with van der Waals surface area (Å²) in [5.74, 6) is 1.59. The summed E-state index contributed by atoms with van der Waals surface area (Å²) in [6.45, 7) is 7.51. The molecule has 2 aromatic heterocycles. The zero-order chi connectivity index (χ0) is 48.3. The van der Waals surface area contributed by atoms with E-state index in [4.69, 9.17) is 10.2 Å². The summed E-state index contributed by atoms with van der Waals surface area (Å²) in [6.07, 6.45) is -6.08. The Kier molecular flexibility index (Phi) is 21.3. The number of aliphatic hydroxyl groups is 2. The van der Waals surface area contributed by atoms with E-state index in [1.54, 1.807) is 33.6 Å². The van der Waals surface area contributed by atoms with Crippen molar-refractivity contribution >= 4 is 26.7 Å². The van der Waals surface area contributed by atoms with Gasteiger partial charge in [0.05, 0.1) is 24.5 Å². The van der Waals surface area contributed by atoms with Crippen LogP contribution < -0.4 is 47.9 Å². The van der Waals surface area contributed by atoms with Crippen LogP contribution in [0, 0.1) is 34.8 Å². The fraction of sp³-hybridized carbons (Fsp3) is 0.250. The molecule has 4 N–H and O–H groups in total. The number of carboxylic acid groups (broad SMARTS) is 2. The van der Waals surface area contributed by atoms with Gasteiger partial charge in [0.15, 0.2) is 0 Å². The van der Waals surface area contributed by atoms with Crippen molar-refractivity contribution in [1.29, 1.82) is 0 Å². The zero-order valence-corrected chi connectivity index (χ0v) is 40.0. The number of aliphatic carboxylic acids is 2. The number of carboxylic acids is 2. The monoisotopic (exact) mass is 952 g/mol. The van der Waals surface area contributed by atoms with E-state index < -0.39 is 75.7 Å². The topological polar surface area (TPSA) is 231 Å². The predicted molar refractivity (Wildman–Crippen MR) is 241 cm³/mol. The van der Waals surface area contributed by atoms with E-state index in [1.165, 1.54) is 24.3 Å². The van der Waals surface area contributed by atoms with Gasteiger partial charge in [-0.3, -0.25) is 18.5 Å². The van der Waals surface area contributed by atoms with Crippen LogP contribution in [0.25, 0.3) is 44.8 Å². The molecule has 6 rings (SSSR count). The first kappa shape index (κ1) is 57.0. The minimum absolute atomic E-state index is 0. The molecule has 0 amide bonds. The van der Waals surface area contributed by atoms with Crippen LogP contribution in [0.5, 0.6) is 0 Å². The van der Waals surface area contributed by atoms with Gasteiger partial charge in [-0.05, 0) is 86.3 Å². The molecule has 4 aromatic carbocycles. The van der Waals surface area contributed by atoms with E-state index in [-0.39, 0.29) is 49.8 Å². The predicted octanol–water partition coefficient (Wildman–Crippen LogP) is 0.0428. The standard InChI is InChI=1S/2C24H24FN2O5P.2Li/c2*1-16(2)27-21(12-13-33(31,32)15-20(28)14-22(29)30)23(17-8-10-19(25)11-9-17)24(26-27)18-6-4-3-5-7-18;;/h2*3-11,16,20,28H,14-15H2,1-2H3,(H,29,30)(H,31,32);;/q;;2*+1/p-2/t2*20-;;/m00../s1. The van der Waals surface area contributed by atoms with Gasteiger partial charge in [-0.15, -0.1) is 0 Å². The number of halogens is 2. The van der Waals surface area contributed by atoms with Gasteiger partial charge in [0, 0.05) is 59.1 Å². The molecule has 0 fully saturated rings. The fourth-order valence-corrected chi connectivity index (χ4v) is 8.83. The number of hydrogen-bond donors (Lipinski definition) is 4. The maximum atomic E-state index is 13.6. The molecule has 68 heavy (non-hydrogen) atoms. The maximum Gasteiger partial charge on any atom is 1.00 e. The van der Waals surface area contributed by atoms with E-state index in [1.807, 2.05) is 88.4 Å². The van der Waals surface area contributed by atoms with Gasteiger partial charge in [0.2, 0.25) is 0 Å². The molecule has 0 bridgehead atoms. The summed E-state index contributed by atoms with van der Waals surface area (Å²) < 4.78 is 55.5. The van der Waals surface area contributed by atoms with E-state index in [0.29, 0.717) is 45.0 Å². The normalized spacial score (nSPS) is 13.4. The Bertz CT molecular complexity index is 2700. The average Bonchev–Trinajstić information content (AvgIpc) is 3.83. The maximum absolute atomic E-state index is 13.6. The zero-order valence-electron chi connectivity index (χ0n) is 38.2. The van der Waals surface area contributed by atoms with Crippen molar-refractivity contribution in [3.05, 3.63) is 132 Å². The first-order valence-electron chi connectivity index (χ1n) is 20.5. The Balaban J connectivity index is 0.000000350. The first-order valence-corrected chi connectivity index (χ1v) is 24.2. The molecule has 0 saturated carbocycles. The minimum Gasteiger partial charge on any atom is -0.550 e. The van der Waals surface area contributed by atoms with Crippen molar-refractivity contribution in [3.8, 4) is 67.9 Å². The van der Waals surface area contributed by atoms with Crippen LogP contribution in [-0.2, 0) is 18.7 Å². The molecule has 0 aliphatic rings. The van der Waals surface area contributed by atoms with Crippen LogP contribution in [0.15, 0.2) is 109 Å². The summed E-state index contributed by atoms with van der Waals surface area (Å²) in [5, 5.41) is 50.1. The Morgan fingerprint density at radius 1 is 0.574 bits per heavy atom. The van der Waals surface area contributed by atoms with Crippen molar-refractivity contribution in [3.63, 3.8) is 0 Å². The molecule has 344 valence electrons. The molecule has 0 aliphatic heterocycles. The molecule has 4 atom stereocenters. The van der Waals surface area contributed by atoms with E-state index in [2.05, 4.69) is 23.2 Å². The number of rotatable bonds is 14. The third kappa shape index (κ3) is 15.9. The fourth-order valence-electron chi connectivity index (χ4n) is 6.69. The molecule has 2 heterocycles. The molecule has 6 aromatic rings. The summed E-state index contributed by atoms with van der Waals surface area (Å²) in [5.41, 5.74) is 10.4. The van der Waals surface area contributed by atoms with Gasteiger partial charge in [-0.25, -0.2) is 8.78 Å². The Labute approximate surface area is 416 Å². The van der Waals surface area contributed by atoms with Gasteiger partial charge in [0.25, 0.3) is 14.7 Å². The van der Waals surface area contributed by atoms with Gasteiger partial charge in [-0.2, -0.15) is 10.2 Å². The number of carbonyl (C=O) groups is 2. The van der Waals surface area contributed by atoms with Crippen LogP contribution >= 0.6 is 14.7 Å². The van der Waals surface area contributed by atoms with Gasteiger partial charge >= 0.3 is 37.7 Å². The van der Waals surface area contributed by atoms with Crippen molar-refractivity contribution in [2.24, 2.45) is 0 Å². The molecule has 20 heteroatoms. The summed E-state index contributed by atoms with van der Waals surface area (Å²) in [4.78, 5) is 41.8. The van der Waals surface area contributed by atoms with Crippen molar-refractivity contribution in [2.75, 3.05) is 12.3 Å². The number of aromatic nitrogens is 4. The average molecular weight is 953 g/mol. The van der Waals surface area contributed by atoms with E-state index in [0.717, 1.165) is 11.1 Å². The summed E-state index contributed by atoms with van der Waals surface area (Å²) in [6, 6.07) is 29.8. The van der Waals surface area contributed by atoms with Crippen LogP contribution in [0.2, 0.25) is 0 Å². The molecule has 0 aliphatic carbocycles. The van der Waals surface area contributed by atoms with Crippen LogP contribution in [-0.4, -0.2) is 76.0 Å². The molecular formula is C48H46F2Li2N4O10P2. The molecule has 0 radical (unpaired) electrons. The number of carbonyl (C=O) groups excluding carboxylic acids is 2. The first-order chi connectivity index (χ1) is 31.1. The Morgan fingerprint density at radius 2 is 0.882 bits per heavy atom. The van der Waals surface area contributed by atoms with Crippen LogP contribution in [0.4, 0.5) is 8.78 Å². The van der Waals surface area contributed by atoms with E-state index >= 15 is 0 Å². The molecule has 0 saturated heterocycles. The molecular weight excluding hydrogens is 906 g/mol. The van der Waals surface area contributed by atoms with Crippen molar-refractivity contribution in [1.82, 2.24) is 19.6 Å². The number of hydrogen-bond acceptors (Lipinski definition) is 10. The third-order valence-corrected chi connectivity index (χ3v) is 12.3. The quantitative estimate of drug-likeness (QED) is 0.0645. The summed E-state index contributed by atoms with van der Waals surface area (Å²) >= 11 is 0. The largest absolute Gasteiger partial charge is 1.00 e. The Morgan fingerprint density at radius 3 is 1.16 bits per heavy atom. The molecule has 0 spiro atoms. The SMILES string of the molecule is CC(C)n1nc(-c2ccccc2)c(-c2ccc(F)cc2)c1C#CP(=O)(O)C[C@@H](O)CC(=O)[O-].CC(C)n1nc(-c2ccccc2)c(-c2ccc(F)cc2)c1C#CP(=O)(O)C[C@@H](O)CC(=O)[O-].[Li+].[Li+]. The van der Waals surface area contributed by atoms with E-state index in [9.17, 15) is 57.7 Å². The van der Waals surface area contributed by atoms with Gasteiger partial charge in [0.1, 0.15) is 34.4 Å². The molecule has 2 unspecified atom stereocenters. The number of benzene rings is 4. The molecule has 14 nitrogen and oxygen atoms in total. The number of aliphatic hydroxyl groups excluding tert-OH is 2. The van der Waals surface area contributed by atoms with Crippen molar-refractivity contribution < 1.29 is 95.4 Å².